The Kier molecular flexibility index (Phi) is 5.49. The van der Waals surface area contributed by atoms with E-state index in [0.29, 0.717) is 11.4 Å². The first-order valence-corrected chi connectivity index (χ1v) is 9.23. The van der Waals surface area contributed by atoms with Crippen molar-refractivity contribution in [1.82, 2.24) is 0 Å². The van der Waals surface area contributed by atoms with Gasteiger partial charge < -0.3 is 4.90 Å². The highest BCUT2D eigenvalue weighted by Gasteiger charge is 2.29. The zero-order valence-electron chi connectivity index (χ0n) is 14.5. The molecule has 4 nitrogen and oxygen atoms in total. The van der Waals surface area contributed by atoms with Crippen molar-refractivity contribution in [1.29, 1.82) is 0 Å². The van der Waals surface area contributed by atoms with Gasteiger partial charge in [0.25, 0.3) is 0 Å². The fourth-order valence-corrected chi connectivity index (χ4v) is 2.76. The van der Waals surface area contributed by atoms with Gasteiger partial charge in [-0.25, -0.2) is 12.8 Å². The summed E-state index contributed by atoms with van der Waals surface area (Å²) in [5.41, 5.74) is 1.09. The summed E-state index contributed by atoms with van der Waals surface area (Å²) in [6.07, 6.45) is 2.10. The van der Waals surface area contributed by atoms with Crippen LogP contribution in [0.5, 0.6) is 0 Å². The molecule has 6 heteroatoms. The average Bonchev–Trinajstić information content (AvgIpc) is 2.43. The Balaban J connectivity index is 3.36. The third kappa shape index (κ3) is 3.91. The average molecular weight is 330 g/mol. The first kappa shape index (κ1) is 18.7. The van der Waals surface area contributed by atoms with E-state index in [2.05, 4.69) is 27.7 Å². The SMILES string of the molecule is CCC(C)(C)C(C)N(C)c1ccc(F)cc1N(C)S(C)(=O)=O. The molecule has 1 atom stereocenters. The topological polar surface area (TPSA) is 40.6 Å². The standard InChI is InChI=1S/C16H27FN2O2S/c1-8-16(3,4)12(2)18(5)14-10-9-13(17)11-15(14)19(6)22(7,20)21/h9-12H,8H2,1-7H3. The van der Waals surface area contributed by atoms with Crippen LogP contribution in [-0.2, 0) is 10.0 Å². The maximum atomic E-state index is 13.6. The molecule has 1 aromatic carbocycles. The van der Waals surface area contributed by atoms with Crippen LogP contribution in [0.15, 0.2) is 18.2 Å². The van der Waals surface area contributed by atoms with Crippen molar-refractivity contribution in [3.05, 3.63) is 24.0 Å². The van der Waals surface area contributed by atoms with Gasteiger partial charge in [-0.15, -0.1) is 0 Å². The molecule has 0 N–H and O–H groups in total. The van der Waals surface area contributed by atoms with E-state index in [1.165, 1.54) is 19.2 Å². The molecule has 0 heterocycles. The van der Waals surface area contributed by atoms with Gasteiger partial charge in [-0.05, 0) is 30.9 Å². The number of sulfonamides is 1. The summed E-state index contributed by atoms with van der Waals surface area (Å²) >= 11 is 0. The lowest BCUT2D eigenvalue weighted by molar-refractivity contribution is 0.282. The van der Waals surface area contributed by atoms with Gasteiger partial charge in [0.05, 0.1) is 17.6 Å². The Morgan fingerprint density at radius 1 is 1.23 bits per heavy atom. The zero-order valence-corrected chi connectivity index (χ0v) is 15.3. The second-order valence-corrected chi connectivity index (χ2v) is 8.51. The maximum Gasteiger partial charge on any atom is 0.232 e. The highest BCUT2D eigenvalue weighted by molar-refractivity contribution is 7.92. The van der Waals surface area contributed by atoms with Crippen LogP contribution in [0.3, 0.4) is 0 Å². The molecule has 0 aromatic heterocycles. The summed E-state index contributed by atoms with van der Waals surface area (Å²) in [4.78, 5) is 2.01. The first-order valence-electron chi connectivity index (χ1n) is 7.38. The zero-order chi connectivity index (χ0) is 17.3. The van der Waals surface area contributed by atoms with Crippen LogP contribution >= 0.6 is 0 Å². The normalized spacial score (nSPS) is 13.8. The van der Waals surface area contributed by atoms with Crippen molar-refractivity contribution in [3.63, 3.8) is 0 Å². The van der Waals surface area contributed by atoms with Gasteiger partial charge >= 0.3 is 0 Å². The van der Waals surface area contributed by atoms with Crippen molar-refractivity contribution in [2.75, 3.05) is 29.6 Å². The summed E-state index contributed by atoms with van der Waals surface area (Å²) in [5, 5.41) is 0. The number of nitrogens with zero attached hydrogens (tertiary/aromatic N) is 2. The molecule has 0 bridgehead atoms. The minimum Gasteiger partial charge on any atom is -0.370 e. The predicted octanol–water partition coefficient (Wildman–Crippen LogP) is 3.48. The molecule has 0 aliphatic carbocycles. The Morgan fingerprint density at radius 2 is 1.77 bits per heavy atom. The van der Waals surface area contributed by atoms with E-state index >= 15 is 0 Å². The number of hydrogen-bond acceptors (Lipinski definition) is 3. The molecule has 126 valence electrons. The van der Waals surface area contributed by atoms with E-state index in [9.17, 15) is 12.8 Å². The van der Waals surface area contributed by atoms with Gasteiger partial charge in [-0.3, -0.25) is 4.31 Å². The van der Waals surface area contributed by atoms with E-state index in [-0.39, 0.29) is 11.5 Å². The molecule has 22 heavy (non-hydrogen) atoms. The van der Waals surface area contributed by atoms with Crippen molar-refractivity contribution in [2.45, 2.75) is 40.2 Å². The summed E-state index contributed by atoms with van der Waals surface area (Å²) in [6, 6.07) is 4.42. The Bertz CT molecular complexity index is 629. The number of anilines is 2. The van der Waals surface area contributed by atoms with Crippen LogP contribution in [0, 0.1) is 11.2 Å². The lowest BCUT2D eigenvalue weighted by atomic mass is 9.82. The van der Waals surface area contributed by atoms with Gasteiger partial charge in [0.2, 0.25) is 10.0 Å². The minimum absolute atomic E-state index is 0.0457. The monoisotopic (exact) mass is 330 g/mol. The molecule has 0 amide bonds. The summed E-state index contributed by atoms with van der Waals surface area (Å²) in [7, 11) is -0.102. The third-order valence-electron chi connectivity index (χ3n) is 4.78. The maximum absolute atomic E-state index is 13.6. The van der Waals surface area contributed by atoms with Gasteiger partial charge in [0, 0.05) is 26.2 Å². The molecule has 0 saturated heterocycles. The molecule has 0 radical (unpaired) electrons. The fourth-order valence-electron chi connectivity index (χ4n) is 2.25. The van der Waals surface area contributed by atoms with E-state index in [0.717, 1.165) is 17.0 Å². The van der Waals surface area contributed by atoms with E-state index < -0.39 is 15.8 Å². The van der Waals surface area contributed by atoms with Crippen molar-refractivity contribution < 1.29 is 12.8 Å². The molecular weight excluding hydrogens is 303 g/mol. The van der Waals surface area contributed by atoms with Crippen LogP contribution in [0.1, 0.15) is 34.1 Å². The molecule has 0 saturated carbocycles. The number of hydrogen-bond donors (Lipinski definition) is 0. The van der Waals surface area contributed by atoms with Crippen molar-refractivity contribution >= 4 is 21.4 Å². The quantitative estimate of drug-likeness (QED) is 0.802. The van der Waals surface area contributed by atoms with E-state index in [4.69, 9.17) is 0 Å². The lowest BCUT2D eigenvalue weighted by Gasteiger charge is -2.40. The van der Waals surface area contributed by atoms with Gasteiger partial charge in [-0.1, -0.05) is 20.8 Å². The van der Waals surface area contributed by atoms with Crippen LogP contribution < -0.4 is 9.21 Å². The second kappa shape index (κ2) is 6.44. The highest BCUT2D eigenvalue weighted by Crippen LogP contribution is 2.36. The third-order valence-corrected chi connectivity index (χ3v) is 5.97. The number of benzene rings is 1. The van der Waals surface area contributed by atoms with Crippen LogP contribution in [-0.4, -0.2) is 34.8 Å². The van der Waals surface area contributed by atoms with E-state index in [1.54, 1.807) is 6.07 Å². The Hall–Kier alpha value is -1.30. The van der Waals surface area contributed by atoms with Gasteiger partial charge in [-0.2, -0.15) is 0 Å². The van der Waals surface area contributed by atoms with Crippen LogP contribution in [0.2, 0.25) is 0 Å². The fraction of sp³-hybridized carbons (Fsp3) is 0.625. The summed E-state index contributed by atoms with van der Waals surface area (Å²) in [5.74, 6) is -0.454. The largest absolute Gasteiger partial charge is 0.370 e. The van der Waals surface area contributed by atoms with Crippen LogP contribution in [0.25, 0.3) is 0 Å². The molecule has 1 aromatic rings. The minimum atomic E-state index is -3.46. The number of rotatable bonds is 6. The van der Waals surface area contributed by atoms with Gasteiger partial charge in [0.1, 0.15) is 5.82 Å². The number of halogens is 1. The molecule has 0 fully saturated rings. The highest BCUT2D eigenvalue weighted by atomic mass is 32.2. The van der Waals surface area contributed by atoms with Crippen molar-refractivity contribution in [2.24, 2.45) is 5.41 Å². The predicted molar refractivity (Wildman–Crippen MR) is 91.6 cm³/mol. The first-order chi connectivity index (χ1) is 9.91. The Labute approximate surface area is 134 Å². The van der Waals surface area contributed by atoms with Gasteiger partial charge in [0.15, 0.2) is 0 Å². The summed E-state index contributed by atoms with van der Waals surface area (Å²) in [6.45, 7) is 8.55. The molecule has 0 aliphatic heterocycles. The molecule has 0 spiro atoms. The molecule has 0 aliphatic rings. The van der Waals surface area contributed by atoms with E-state index in [1.807, 2.05) is 11.9 Å². The molecular formula is C16H27FN2O2S. The Morgan fingerprint density at radius 3 is 2.23 bits per heavy atom. The lowest BCUT2D eigenvalue weighted by Crippen LogP contribution is -2.41. The second-order valence-electron chi connectivity index (χ2n) is 6.49. The molecule has 1 rings (SSSR count). The summed E-state index contributed by atoms with van der Waals surface area (Å²) < 4.78 is 38.4. The molecule has 1 unspecified atom stereocenters. The van der Waals surface area contributed by atoms with Crippen LogP contribution in [0.4, 0.5) is 15.8 Å². The van der Waals surface area contributed by atoms with Crippen molar-refractivity contribution in [3.8, 4) is 0 Å². The smallest absolute Gasteiger partial charge is 0.232 e.